The van der Waals surface area contributed by atoms with E-state index in [0.29, 0.717) is 11.8 Å². The van der Waals surface area contributed by atoms with Gasteiger partial charge in [-0.25, -0.2) is 4.98 Å². The maximum atomic E-state index is 12.1. The summed E-state index contributed by atoms with van der Waals surface area (Å²) < 4.78 is 1.93. The van der Waals surface area contributed by atoms with E-state index in [1.807, 2.05) is 17.8 Å². The van der Waals surface area contributed by atoms with Crippen LogP contribution < -0.4 is 5.32 Å². The lowest BCUT2D eigenvalue weighted by atomic mass is 9.98. The Morgan fingerprint density at radius 1 is 1.34 bits per heavy atom. The fraction of sp³-hybridized carbons (Fsp3) is 0.476. The average Bonchev–Trinajstić information content (AvgIpc) is 3.14. The van der Waals surface area contributed by atoms with Gasteiger partial charge in [0, 0.05) is 38.6 Å². The molecule has 1 aromatic carbocycles. The van der Waals surface area contributed by atoms with E-state index < -0.39 is 0 Å². The number of aromatic nitrogens is 2. The third kappa shape index (κ3) is 8.29. The van der Waals surface area contributed by atoms with Gasteiger partial charge in [0.15, 0.2) is 5.16 Å². The number of rotatable bonds is 8. The molecule has 2 aromatic rings. The summed E-state index contributed by atoms with van der Waals surface area (Å²) in [7, 11) is 1.94. The first kappa shape index (κ1) is 23.0. The topological polar surface area (TPSA) is 87.5 Å². The van der Waals surface area contributed by atoms with E-state index in [1.165, 1.54) is 36.6 Å². The van der Waals surface area contributed by atoms with Crippen LogP contribution in [0.3, 0.4) is 0 Å². The monoisotopic (exact) mass is 418 g/mol. The van der Waals surface area contributed by atoms with Crippen molar-refractivity contribution in [3.05, 3.63) is 48.3 Å². The molecule has 0 radical (unpaired) electrons. The van der Waals surface area contributed by atoms with E-state index in [4.69, 9.17) is 9.90 Å². The minimum absolute atomic E-state index is 0.0865. The molecule has 1 atom stereocenters. The first-order valence-electron chi connectivity index (χ1n) is 9.86. The van der Waals surface area contributed by atoms with E-state index in [9.17, 15) is 4.79 Å². The molecular weight excluding hydrogens is 388 g/mol. The quantitative estimate of drug-likeness (QED) is 0.506. The van der Waals surface area contributed by atoms with Crippen LogP contribution in [0.25, 0.3) is 0 Å². The molecule has 1 amide bonds. The number of imidazole rings is 1. The predicted octanol–water partition coefficient (Wildman–Crippen LogP) is 2.77. The molecule has 0 saturated carbocycles. The van der Waals surface area contributed by atoms with Gasteiger partial charge in [-0.2, -0.15) is 0 Å². The van der Waals surface area contributed by atoms with Crippen LogP contribution in [0.5, 0.6) is 0 Å². The van der Waals surface area contributed by atoms with Gasteiger partial charge in [-0.15, -0.1) is 0 Å². The van der Waals surface area contributed by atoms with Crippen molar-refractivity contribution in [2.75, 3.05) is 18.8 Å². The van der Waals surface area contributed by atoms with Gasteiger partial charge in [-0.1, -0.05) is 48.5 Å². The minimum atomic E-state index is -0.250. The zero-order valence-electron chi connectivity index (χ0n) is 16.9. The number of amides is 1. The van der Waals surface area contributed by atoms with Crippen LogP contribution in [0.15, 0.2) is 47.9 Å². The largest absolute Gasteiger partial charge is 0.483 e. The molecule has 29 heavy (non-hydrogen) atoms. The molecule has 0 spiro atoms. The van der Waals surface area contributed by atoms with Gasteiger partial charge >= 0.3 is 0 Å². The summed E-state index contributed by atoms with van der Waals surface area (Å²) in [6, 6.07) is 11.2. The van der Waals surface area contributed by atoms with Crippen molar-refractivity contribution >= 4 is 24.1 Å². The third-order valence-electron chi connectivity index (χ3n) is 4.89. The normalized spacial score (nSPS) is 16.5. The van der Waals surface area contributed by atoms with Gasteiger partial charge in [0.25, 0.3) is 6.47 Å². The van der Waals surface area contributed by atoms with Crippen molar-refractivity contribution < 1.29 is 14.7 Å². The smallest absolute Gasteiger partial charge is 0.290 e. The zero-order valence-corrected chi connectivity index (χ0v) is 17.7. The van der Waals surface area contributed by atoms with Crippen LogP contribution >= 0.6 is 11.8 Å². The lowest BCUT2D eigenvalue weighted by Crippen LogP contribution is -2.41. The maximum absolute atomic E-state index is 12.1. The van der Waals surface area contributed by atoms with E-state index >= 15 is 0 Å². The number of carbonyl (C=O) groups excluding carboxylic acids is 1. The van der Waals surface area contributed by atoms with E-state index in [2.05, 4.69) is 45.5 Å². The first-order valence-corrected chi connectivity index (χ1v) is 10.8. The zero-order chi connectivity index (χ0) is 20.9. The van der Waals surface area contributed by atoms with Crippen LogP contribution in [0.4, 0.5) is 0 Å². The Balaban J connectivity index is 0.000000941. The Morgan fingerprint density at radius 3 is 2.79 bits per heavy atom. The highest BCUT2D eigenvalue weighted by Gasteiger charge is 2.22. The molecule has 1 saturated heterocycles. The van der Waals surface area contributed by atoms with Crippen molar-refractivity contribution in [3.8, 4) is 0 Å². The fourth-order valence-corrected chi connectivity index (χ4v) is 4.23. The Morgan fingerprint density at radius 2 is 2.10 bits per heavy atom. The van der Waals surface area contributed by atoms with E-state index in [1.54, 1.807) is 6.20 Å². The van der Waals surface area contributed by atoms with Crippen molar-refractivity contribution in [1.82, 2.24) is 19.8 Å². The minimum Gasteiger partial charge on any atom is -0.483 e. The molecule has 1 fully saturated rings. The summed E-state index contributed by atoms with van der Waals surface area (Å²) in [6.07, 6.45) is 8.46. The molecule has 1 aliphatic rings. The highest BCUT2D eigenvalue weighted by Crippen LogP contribution is 2.21. The molecule has 158 valence electrons. The Labute approximate surface area is 176 Å². The average molecular weight is 419 g/mol. The molecule has 8 heteroatoms. The van der Waals surface area contributed by atoms with Gasteiger partial charge in [-0.05, 0) is 31.4 Å². The first-order chi connectivity index (χ1) is 14.1. The molecule has 7 nitrogen and oxygen atoms in total. The highest BCUT2D eigenvalue weighted by molar-refractivity contribution is 7.99. The fourth-order valence-electron chi connectivity index (χ4n) is 3.46. The third-order valence-corrected chi connectivity index (χ3v) is 5.94. The number of nitrogens with one attached hydrogen (secondary N) is 1. The molecule has 0 bridgehead atoms. The molecule has 0 aliphatic carbocycles. The molecule has 1 unspecified atom stereocenters. The van der Waals surface area contributed by atoms with Gasteiger partial charge in [0.1, 0.15) is 0 Å². The Kier molecular flexibility index (Phi) is 10.3. The van der Waals surface area contributed by atoms with Crippen LogP contribution in [-0.2, 0) is 23.2 Å². The van der Waals surface area contributed by atoms with Crippen LogP contribution in [0, 0.1) is 0 Å². The standard InChI is InChI=1S/C20H28N4OS.CH2O2/c1-23-14-12-22-20(23)26-16-19(25)21-11-10-18-9-5-6-13-24(18)15-17-7-3-2-4-8-17;2-1-3/h2-4,7-8,12,14,18H,5-6,9-11,13,15-16H2,1H3,(H,21,25);1H,(H,2,3). The van der Waals surface area contributed by atoms with Crippen molar-refractivity contribution in [1.29, 1.82) is 0 Å². The van der Waals surface area contributed by atoms with Crippen LogP contribution in [-0.4, -0.2) is 56.8 Å². The summed E-state index contributed by atoms with van der Waals surface area (Å²) in [5.74, 6) is 0.506. The SMILES string of the molecule is Cn1ccnc1SCC(=O)NCCC1CCCCN1Cc1ccccc1.O=CO. The number of thioether (sulfide) groups is 1. The van der Waals surface area contributed by atoms with Crippen molar-refractivity contribution in [2.24, 2.45) is 7.05 Å². The maximum Gasteiger partial charge on any atom is 0.290 e. The highest BCUT2D eigenvalue weighted by atomic mass is 32.2. The van der Waals surface area contributed by atoms with Crippen LogP contribution in [0.1, 0.15) is 31.2 Å². The summed E-state index contributed by atoms with van der Waals surface area (Å²) in [5, 5.41) is 10.8. The summed E-state index contributed by atoms with van der Waals surface area (Å²) in [5.41, 5.74) is 1.37. The lowest BCUT2D eigenvalue weighted by Gasteiger charge is -2.36. The number of carboxylic acid groups (broad SMARTS) is 1. The number of benzene rings is 1. The van der Waals surface area contributed by atoms with Gasteiger partial charge in [0.2, 0.25) is 5.91 Å². The van der Waals surface area contributed by atoms with Gasteiger partial charge in [0.05, 0.1) is 5.75 Å². The molecule has 1 aromatic heterocycles. The Bertz CT molecular complexity index is 739. The number of carbonyl (C=O) groups is 2. The number of likely N-dealkylation sites (tertiary alicyclic amines) is 1. The number of aryl methyl sites for hydroxylation is 1. The number of hydrogen-bond acceptors (Lipinski definition) is 5. The summed E-state index contributed by atoms with van der Waals surface area (Å²) >= 11 is 1.48. The number of hydrogen-bond donors (Lipinski definition) is 2. The number of nitrogens with zero attached hydrogens (tertiary/aromatic N) is 3. The molecule has 2 heterocycles. The lowest BCUT2D eigenvalue weighted by molar-refractivity contribution is -0.123. The van der Waals surface area contributed by atoms with Crippen molar-refractivity contribution in [2.45, 2.75) is 43.4 Å². The molecule has 1 aliphatic heterocycles. The number of piperidine rings is 1. The molecular formula is C21H30N4O3S. The summed E-state index contributed by atoms with van der Waals surface area (Å²) in [4.78, 5) is 27.2. The molecule has 2 N–H and O–H groups in total. The second-order valence-corrected chi connectivity index (χ2v) is 7.90. The predicted molar refractivity (Wildman–Crippen MR) is 115 cm³/mol. The second-order valence-electron chi connectivity index (χ2n) is 6.96. The van der Waals surface area contributed by atoms with Gasteiger partial charge < -0.3 is 15.0 Å². The summed E-state index contributed by atoms with van der Waals surface area (Å²) in [6.45, 7) is 2.66. The molecule has 3 rings (SSSR count). The Hall–Kier alpha value is -2.32. The van der Waals surface area contributed by atoms with Crippen molar-refractivity contribution in [3.63, 3.8) is 0 Å². The van der Waals surface area contributed by atoms with Crippen LogP contribution in [0.2, 0.25) is 0 Å². The van der Waals surface area contributed by atoms with E-state index in [-0.39, 0.29) is 12.4 Å². The van der Waals surface area contributed by atoms with E-state index in [0.717, 1.165) is 31.2 Å². The second kappa shape index (κ2) is 13.0. The van der Waals surface area contributed by atoms with Gasteiger partial charge in [-0.3, -0.25) is 14.5 Å².